The SMILES string of the molecule is Cc1ccc(NC(=O)CN2CCN(S(=O)(=O)c3cccc(Cl)c3)CC2)cc1F. The first-order valence-electron chi connectivity index (χ1n) is 8.80. The lowest BCUT2D eigenvalue weighted by Crippen LogP contribution is -2.50. The summed E-state index contributed by atoms with van der Waals surface area (Å²) in [6, 6.07) is 10.7. The lowest BCUT2D eigenvalue weighted by atomic mass is 10.2. The molecule has 0 unspecified atom stereocenters. The second-order valence-corrected chi connectivity index (χ2v) is 9.02. The summed E-state index contributed by atoms with van der Waals surface area (Å²) >= 11 is 5.90. The zero-order valence-corrected chi connectivity index (χ0v) is 16.9. The van der Waals surface area contributed by atoms with Crippen molar-refractivity contribution >= 4 is 33.2 Å². The highest BCUT2D eigenvalue weighted by atomic mass is 35.5. The summed E-state index contributed by atoms with van der Waals surface area (Å²) in [6.07, 6.45) is 0. The minimum Gasteiger partial charge on any atom is -0.325 e. The van der Waals surface area contributed by atoms with Crippen molar-refractivity contribution in [3.8, 4) is 0 Å². The number of benzene rings is 2. The summed E-state index contributed by atoms with van der Waals surface area (Å²) in [6.45, 7) is 3.17. The number of nitrogens with one attached hydrogen (secondary N) is 1. The third kappa shape index (κ3) is 4.88. The molecule has 0 radical (unpaired) electrons. The summed E-state index contributed by atoms with van der Waals surface area (Å²) in [7, 11) is -3.61. The highest BCUT2D eigenvalue weighted by molar-refractivity contribution is 7.89. The minimum atomic E-state index is -3.61. The molecule has 9 heteroatoms. The Morgan fingerprint density at radius 1 is 1.14 bits per heavy atom. The van der Waals surface area contributed by atoms with Crippen LogP contribution in [-0.2, 0) is 14.8 Å². The van der Waals surface area contributed by atoms with E-state index in [0.29, 0.717) is 29.4 Å². The molecule has 1 fully saturated rings. The standard InChI is InChI=1S/C19H21ClFN3O3S/c1-14-5-6-16(12-18(14)21)22-19(25)13-23-7-9-24(10-8-23)28(26,27)17-4-2-3-15(20)11-17/h2-6,11-12H,7-10,13H2,1H3,(H,22,25). The average Bonchev–Trinajstić information content (AvgIpc) is 2.65. The number of nitrogens with zero attached hydrogens (tertiary/aromatic N) is 2. The van der Waals surface area contributed by atoms with Crippen LogP contribution < -0.4 is 5.32 Å². The van der Waals surface area contributed by atoms with Gasteiger partial charge in [-0.2, -0.15) is 4.31 Å². The van der Waals surface area contributed by atoms with Gasteiger partial charge in [0, 0.05) is 36.9 Å². The predicted molar refractivity (Wildman–Crippen MR) is 106 cm³/mol. The molecule has 0 aromatic heterocycles. The van der Waals surface area contributed by atoms with Crippen molar-refractivity contribution in [3.05, 3.63) is 58.9 Å². The van der Waals surface area contributed by atoms with Crippen molar-refractivity contribution in [2.75, 3.05) is 38.0 Å². The largest absolute Gasteiger partial charge is 0.325 e. The Balaban J connectivity index is 1.55. The first-order chi connectivity index (χ1) is 13.3. The maximum absolute atomic E-state index is 13.6. The molecule has 1 amide bonds. The Bertz CT molecular complexity index is 976. The van der Waals surface area contributed by atoms with Gasteiger partial charge in [-0.25, -0.2) is 12.8 Å². The van der Waals surface area contributed by atoms with E-state index < -0.39 is 10.0 Å². The fourth-order valence-electron chi connectivity index (χ4n) is 2.98. The predicted octanol–water partition coefficient (Wildman–Crippen LogP) is 2.73. The molecule has 1 aliphatic rings. The molecular weight excluding hydrogens is 405 g/mol. The zero-order valence-electron chi connectivity index (χ0n) is 15.4. The summed E-state index contributed by atoms with van der Waals surface area (Å²) in [5.74, 6) is -0.646. The van der Waals surface area contributed by atoms with Crippen molar-refractivity contribution in [2.24, 2.45) is 0 Å². The highest BCUT2D eigenvalue weighted by Gasteiger charge is 2.29. The fourth-order valence-corrected chi connectivity index (χ4v) is 4.70. The highest BCUT2D eigenvalue weighted by Crippen LogP contribution is 2.21. The smallest absolute Gasteiger partial charge is 0.243 e. The van der Waals surface area contributed by atoms with Gasteiger partial charge in [-0.1, -0.05) is 23.7 Å². The Kier molecular flexibility index (Phi) is 6.34. The van der Waals surface area contributed by atoms with Crippen molar-refractivity contribution < 1.29 is 17.6 Å². The fraction of sp³-hybridized carbons (Fsp3) is 0.316. The van der Waals surface area contributed by atoms with Crippen molar-refractivity contribution in [1.29, 1.82) is 0 Å². The number of rotatable bonds is 5. The van der Waals surface area contributed by atoms with E-state index in [4.69, 9.17) is 11.6 Å². The first-order valence-corrected chi connectivity index (χ1v) is 10.6. The normalized spacial score (nSPS) is 16.1. The summed E-state index contributed by atoms with van der Waals surface area (Å²) < 4.78 is 40.4. The van der Waals surface area contributed by atoms with Crippen LogP contribution in [0.15, 0.2) is 47.4 Å². The van der Waals surface area contributed by atoms with Gasteiger partial charge < -0.3 is 5.32 Å². The molecule has 2 aromatic rings. The number of amides is 1. The van der Waals surface area contributed by atoms with Gasteiger partial charge in [0.15, 0.2) is 0 Å². The number of piperazine rings is 1. The Morgan fingerprint density at radius 3 is 2.50 bits per heavy atom. The van der Waals surface area contributed by atoms with E-state index in [9.17, 15) is 17.6 Å². The molecule has 0 bridgehead atoms. The Morgan fingerprint density at radius 2 is 1.86 bits per heavy atom. The number of carbonyl (C=O) groups excluding carboxylic acids is 1. The van der Waals surface area contributed by atoms with E-state index in [2.05, 4.69) is 5.32 Å². The second-order valence-electron chi connectivity index (χ2n) is 6.65. The lowest BCUT2D eigenvalue weighted by molar-refractivity contribution is -0.117. The van der Waals surface area contributed by atoms with Gasteiger partial charge in [-0.3, -0.25) is 9.69 Å². The number of anilines is 1. The van der Waals surface area contributed by atoms with E-state index in [-0.39, 0.29) is 36.3 Å². The van der Waals surface area contributed by atoms with Gasteiger partial charge in [0.05, 0.1) is 11.4 Å². The molecule has 6 nitrogen and oxygen atoms in total. The molecule has 0 aliphatic carbocycles. The summed E-state index contributed by atoms with van der Waals surface area (Å²) in [5, 5.41) is 3.03. The van der Waals surface area contributed by atoms with Crippen LogP contribution >= 0.6 is 11.6 Å². The minimum absolute atomic E-state index is 0.112. The van der Waals surface area contributed by atoms with E-state index in [0.717, 1.165) is 0 Å². The van der Waals surface area contributed by atoms with E-state index >= 15 is 0 Å². The van der Waals surface area contributed by atoms with Gasteiger partial charge >= 0.3 is 0 Å². The van der Waals surface area contributed by atoms with E-state index in [1.165, 1.54) is 22.5 Å². The molecule has 0 atom stereocenters. The van der Waals surface area contributed by atoms with Gasteiger partial charge in [-0.05, 0) is 42.8 Å². The first kappa shape index (κ1) is 20.7. The quantitative estimate of drug-likeness (QED) is 0.799. The zero-order chi connectivity index (χ0) is 20.3. The van der Waals surface area contributed by atoms with Crippen LogP contribution in [0.25, 0.3) is 0 Å². The van der Waals surface area contributed by atoms with Crippen LogP contribution in [0.2, 0.25) is 5.02 Å². The van der Waals surface area contributed by atoms with Crippen molar-refractivity contribution in [1.82, 2.24) is 9.21 Å². The lowest BCUT2D eigenvalue weighted by Gasteiger charge is -2.33. The molecule has 3 rings (SSSR count). The maximum atomic E-state index is 13.6. The van der Waals surface area contributed by atoms with Gasteiger partial charge in [0.2, 0.25) is 15.9 Å². The number of aryl methyl sites for hydroxylation is 1. The summed E-state index contributed by atoms with van der Waals surface area (Å²) in [5.41, 5.74) is 0.908. The Labute approximate surface area is 168 Å². The van der Waals surface area contributed by atoms with Gasteiger partial charge in [0.1, 0.15) is 5.82 Å². The van der Waals surface area contributed by atoms with Gasteiger partial charge in [0.25, 0.3) is 0 Å². The van der Waals surface area contributed by atoms with Crippen LogP contribution in [0.4, 0.5) is 10.1 Å². The van der Waals surface area contributed by atoms with E-state index in [1.54, 1.807) is 31.2 Å². The average molecular weight is 426 g/mol. The van der Waals surface area contributed by atoms with Crippen molar-refractivity contribution in [3.63, 3.8) is 0 Å². The number of hydrogen-bond donors (Lipinski definition) is 1. The molecular formula is C19H21ClFN3O3S. The van der Waals surface area contributed by atoms with E-state index in [1.807, 2.05) is 4.90 Å². The number of carbonyl (C=O) groups is 1. The van der Waals surface area contributed by atoms with Crippen molar-refractivity contribution in [2.45, 2.75) is 11.8 Å². The molecule has 0 spiro atoms. The number of halogens is 2. The molecule has 0 saturated carbocycles. The molecule has 1 heterocycles. The molecule has 1 saturated heterocycles. The number of hydrogen-bond acceptors (Lipinski definition) is 4. The maximum Gasteiger partial charge on any atom is 0.243 e. The van der Waals surface area contributed by atoms with Crippen LogP contribution in [0.5, 0.6) is 0 Å². The second kappa shape index (κ2) is 8.57. The third-order valence-electron chi connectivity index (χ3n) is 4.59. The topological polar surface area (TPSA) is 69.7 Å². The molecule has 2 aromatic carbocycles. The summed E-state index contributed by atoms with van der Waals surface area (Å²) in [4.78, 5) is 14.2. The molecule has 150 valence electrons. The third-order valence-corrected chi connectivity index (χ3v) is 6.72. The van der Waals surface area contributed by atoms with Crippen LogP contribution in [0.1, 0.15) is 5.56 Å². The molecule has 1 aliphatic heterocycles. The Hall–Kier alpha value is -2.00. The van der Waals surface area contributed by atoms with Crippen LogP contribution in [0.3, 0.4) is 0 Å². The monoisotopic (exact) mass is 425 g/mol. The molecule has 28 heavy (non-hydrogen) atoms. The number of sulfonamides is 1. The molecule has 1 N–H and O–H groups in total. The van der Waals surface area contributed by atoms with Crippen LogP contribution in [-0.4, -0.2) is 56.3 Å². The van der Waals surface area contributed by atoms with Gasteiger partial charge in [-0.15, -0.1) is 0 Å². The van der Waals surface area contributed by atoms with Crippen LogP contribution in [0, 0.1) is 12.7 Å².